The smallest absolute Gasteiger partial charge is 0.315 e. The van der Waals surface area contributed by atoms with Crippen molar-refractivity contribution < 1.29 is 4.79 Å². The van der Waals surface area contributed by atoms with Gasteiger partial charge >= 0.3 is 6.03 Å². The molecule has 2 N–H and O–H groups in total. The van der Waals surface area contributed by atoms with Crippen LogP contribution in [0, 0.1) is 6.92 Å². The summed E-state index contributed by atoms with van der Waals surface area (Å²) in [5.74, 6) is 0.955. The van der Waals surface area contributed by atoms with Crippen LogP contribution in [0.3, 0.4) is 0 Å². The molecule has 2 amide bonds. The highest BCUT2D eigenvalue weighted by atomic mass is 16.2. The molecule has 3 rings (SSSR count). The predicted molar refractivity (Wildman–Crippen MR) is 98.9 cm³/mol. The van der Waals surface area contributed by atoms with Gasteiger partial charge in [0.1, 0.15) is 5.82 Å². The van der Waals surface area contributed by atoms with Crippen molar-refractivity contribution in [1.82, 2.24) is 25.1 Å². The van der Waals surface area contributed by atoms with Gasteiger partial charge < -0.3 is 20.1 Å². The molecule has 1 aromatic carbocycles. The summed E-state index contributed by atoms with van der Waals surface area (Å²) >= 11 is 0. The van der Waals surface area contributed by atoms with Crippen molar-refractivity contribution in [3.63, 3.8) is 0 Å². The monoisotopic (exact) mass is 341 g/mol. The average molecular weight is 341 g/mol. The van der Waals surface area contributed by atoms with Crippen molar-refractivity contribution >= 4 is 6.03 Å². The second-order valence-corrected chi connectivity index (χ2v) is 6.85. The third kappa shape index (κ3) is 4.39. The summed E-state index contributed by atoms with van der Waals surface area (Å²) in [7, 11) is 2.12. The molecule has 2 aromatic rings. The molecule has 0 unspecified atom stereocenters. The van der Waals surface area contributed by atoms with E-state index in [1.165, 1.54) is 0 Å². The summed E-state index contributed by atoms with van der Waals surface area (Å²) in [5.41, 5.74) is 2.15. The highest BCUT2D eigenvalue weighted by Gasteiger charge is 2.19. The number of carbonyl (C=O) groups excluding carboxylic acids is 1. The lowest BCUT2D eigenvalue weighted by molar-refractivity contribution is 0.212. The summed E-state index contributed by atoms with van der Waals surface area (Å²) in [6.07, 6.45) is 5.76. The number of imidazole rings is 1. The Morgan fingerprint density at radius 1 is 1.24 bits per heavy atom. The van der Waals surface area contributed by atoms with Crippen LogP contribution in [0.15, 0.2) is 36.7 Å². The summed E-state index contributed by atoms with van der Waals surface area (Å²) in [6, 6.07) is 8.36. The van der Waals surface area contributed by atoms with Gasteiger partial charge in [-0.15, -0.1) is 0 Å². The van der Waals surface area contributed by atoms with E-state index in [0.717, 1.165) is 43.0 Å². The van der Waals surface area contributed by atoms with Crippen LogP contribution < -0.4 is 10.6 Å². The van der Waals surface area contributed by atoms with Gasteiger partial charge in [0.2, 0.25) is 0 Å². The highest BCUT2D eigenvalue weighted by Crippen LogP contribution is 2.17. The Bertz CT molecular complexity index is 701. The van der Waals surface area contributed by atoms with Crippen LogP contribution in [0.5, 0.6) is 0 Å². The third-order valence-electron chi connectivity index (χ3n) is 4.90. The van der Waals surface area contributed by atoms with Crippen molar-refractivity contribution in [2.45, 2.75) is 38.8 Å². The quantitative estimate of drug-likeness (QED) is 0.899. The SMILES string of the molecule is Cc1nccn1-c1ccc([C@H](C)NC(=O)NC2CCN(C)CC2)cc1. The zero-order valence-electron chi connectivity index (χ0n) is 15.2. The first-order valence-corrected chi connectivity index (χ1v) is 8.89. The van der Waals surface area contributed by atoms with Gasteiger partial charge in [-0.3, -0.25) is 0 Å². The number of urea groups is 1. The summed E-state index contributed by atoms with van der Waals surface area (Å²) in [4.78, 5) is 18.8. The molecule has 0 radical (unpaired) electrons. The number of rotatable bonds is 4. The van der Waals surface area contributed by atoms with Gasteiger partial charge in [0, 0.05) is 24.1 Å². The van der Waals surface area contributed by atoms with Crippen LogP contribution in [-0.4, -0.2) is 46.7 Å². The van der Waals surface area contributed by atoms with E-state index in [4.69, 9.17) is 0 Å². The molecule has 1 saturated heterocycles. The van der Waals surface area contributed by atoms with Gasteiger partial charge in [0.15, 0.2) is 0 Å². The van der Waals surface area contributed by atoms with Crippen molar-refractivity contribution in [3.05, 3.63) is 48.0 Å². The van der Waals surface area contributed by atoms with Crippen molar-refractivity contribution in [2.75, 3.05) is 20.1 Å². The number of amides is 2. The fraction of sp³-hybridized carbons (Fsp3) is 0.474. The number of piperidine rings is 1. The highest BCUT2D eigenvalue weighted by molar-refractivity contribution is 5.74. The molecule has 1 atom stereocenters. The Labute approximate surface area is 149 Å². The Hall–Kier alpha value is -2.34. The first-order chi connectivity index (χ1) is 12.0. The molecule has 6 nitrogen and oxygen atoms in total. The maximum atomic E-state index is 12.2. The molecule has 134 valence electrons. The number of hydrogen-bond donors (Lipinski definition) is 2. The summed E-state index contributed by atoms with van der Waals surface area (Å²) in [6.45, 7) is 6.06. The predicted octanol–water partition coefficient (Wildman–Crippen LogP) is 2.64. The van der Waals surface area contributed by atoms with Crippen LogP contribution in [0.4, 0.5) is 4.79 Å². The second-order valence-electron chi connectivity index (χ2n) is 6.85. The van der Waals surface area contributed by atoms with Gasteiger partial charge in [-0.05, 0) is 64.5 Å². The normalized spacial score (nSPS) is 17.2. The lowest BCUT2D eigenvalue weighted by Crippen LogP contribution is -2.47. The molecule has 0 saturated carbocycles. The molecule has 2 heterocycles. The van der Waals surface area contributed by atoms with E-state index in [-0.39, 0.29) is 18.1 Å². The minimum Gasteiger partial charge on any atom is -0.335 e. The van der Waals surface area contributed by atoms with E-state index in [1.807, 2.05) is 24.6 Å². The summed E-state index contributed by atoms with van der Waals surface area (Å²) < 4.78 is 2.04. The van der Waals surface area contributed by atoms with Gasteiger partial charge in [0.25, 0.3) is 0 Å². The van der Waals surface area contributed by atoms with Crippen LogP contribution in [0.2, 0.25) is 0 Å². The van der Waals surface area contributed by atoms with E-state index in [9.17, 15) is 4.79 Å². The maximum absolute atomic E-state index is 12.2. The Kier molecular flexibility index (Phi) is 5.38. The van der Waals surface area contributed by atoms with Gasteiger partial charge in [-0.25, -0.2) is 9.78 Å². The molecule has 0 bridgehead atoms. The molecule has 1 aliphatic rings. The average Bonchev–Trinajstić information content (AvgIpc) is 3.03. The Morgan fingerprint density at radius 2 is 1.92 bits per heavy atom. The van der Waals surface area contributed by atoms with Crippen molar-refractivity contribution in [2.24, 2.45) is 0 Å². The largest absolute Gasteiger partial charge is 0.335 e. The van der Waals surface area contributed by atoms with E-state index >= 15 is 0 Å². The fourth-order valence-corrected chi connectivity index (χ4v) is 3.23. The maximum Gasteiger partial charge on any atom is 0.315 e. The number of nitrogens with zero attached hydrogens (tertiary/aromatic N) is 3. The molecule has 25 heavy (non-hydrogen) atoms. The molecular weight excluding hydrogens is 314 g/mol. The number of nitrogens with one attached hydrogen (secondary N) is 2. The standard InChI is InChI=1S/C19H27N5O/c1-14(21-19(25)22-17-8-11-23(3)12-9-17)16-4-6-18(7-5-16)24-13-10-20-15(24)2/h4-7,10,13-14,17H,8-9,11-12H2,1-3H3,(H2,21,22,25)/t14-/m0/s1. The number of aromatic nitrogens is 2. The molecule has 1 aliphatic heterocycles. The zero-order valence-corrected chi connectivity index (χ0v) is 15.2. The Balaban J connectivity index is 1.55. The topological polar surface area (TPSA) is 62.2 Å². The van der Waals surface area contributed by atoms with Crippen molar-refractivity contribution in [3.8, 4) is 5.69 Å². The van der Waals surface area contributed by atoms with Gasteiger partial charge in [-0.2, -0.15) is 0 Å². The third-order valence-corrected chi connectivity index (χ3v) is 4.90. The summed E-state index contributed by atoms with van der Waals surface area (Å²) in [5, 5.41) is 6.13. The zero-order chi connectivity index (χ0) is 17.8. The lowest BCUT2D eigenvalue weighted by atomic mass is 10.1. The molecule has 0 spiro atoms. The molecule has 1 fully saturated rings. The van der Waals surface area contributed by atoms with Crippen LogP contribution in [0.25, 0.3) is 5.69 Å². The number of aryl methyl sites for hydroxylation is 1. The number of hydrogen-bond acceptors (Lipinski definition) is 3. The lowest BCUT2D eigenvalue weighted by Gasteiger charge is -2.29. The van der Waals surface area contributed by atoms with E-state index in [0.29, 0.717) is 0 Å². The van der Waals surface area contributed by atoms with Gasteiger partial charge in [-0.1, -0.05) is 12.1 Å². The number of benzene rings is 1. The fourth-order valence-electron chi connectivity index (χ4n) is 3.23. The minimum absolute atomic E-state index is 0.0378. The van der Waals surface area contributed by atoms with Crippen LogP contribution in [0.1, 0.15) is 37.2 Å². The van der Waals surface area contributed by atoms with E-state index < -0.39 is 0 Å². The Morgan fingerprint density at radius 3 is 2.52 bits per heavy atom. The molecule has 0 aliphatic carbocycles. The van der Waals surface area contributed by atoms with Crippen molar-refractivity contribution in [1.29, 1.82) is 0 Å². The van der Waals surface area contributed by atoms with Crippen LogP contribution >= 0.6 is 0 Å². The first-order valence-electron chi connectivity index (χ1n) is 8.89. The number of carbonyl (C=O) groups is 1. The van der Waals surface area contributed by atoms with E-state index in [2.05, 4.69) is 51.8 Å². The first kappa shape index (κ1) is 17.5. The van der Waals surface area contributed by atoms with Crippen LogP contribution in [-0.2, 0) is 0 Å². The molecule has 1 aromatic heterocycles. The molecule has 6 heteroatoms. The van der Waals surface area contributed by atoms with Gasteiger partial charge in [0.05, 0.1) is 6.04 Å². The minimum atomic E-state index is -0.0865. The molecular formula is C19H27N5O. The van der Waals surface area contributed by atoms with E-state index in [1.54, 1.807) is 6.20 Å². The second kappa shape index (κ2) is 7.70. The number of likely N-dealkylation sites (tertiary alicyclic amines) is 1.